The second kappa shape index (κ2) is 9.05. The summed E-state index contributed by atoms with van der Waals surface area (Å²) in [5, 5.41) is 12.7. The molecular formula is C24H25N7O3. The number of aryl methyl sites for hydroxylation is 2. The van der Waals surface area contributed by atoms with Crippen molar-refractivity contribution in [2.75, 3.05) is 13.2 Å². The number of hydrogen-bond donors (Lipinski definition) is 0. The van der Waals surface area contributed by atoms with E-state index in [-0.39, 0.29) is 11.9 Å². The molecule has 5 rings (SSSR count). The first-order chi connectivity index (χ1) is 16.6. The third-order valence-electron chi connectivity index (χ3n) is 5.83. The van der Waals surface area contributed by atoms with Crippen LogP contribution in [-0.2, 0) is 0 Å². The number of benzene rings is 1. The van der Waals surface area contributed by atoms with Crippen LogP contribution in [0.1, 0.15) is 53.2 Å². The van der Waals surface area contributed by atoms with Crippen LogP contribution in [0.25, 0.3) is 17.1 Å². The van der Waals surface area contributed by atoms with Crippen LogP contribution >= 0.6 is 0 Å². The first kappa shape index (κ1) is 21.7. The van der Waals surface area contributed by atoms with Crippen LogP contribution in [0.5, 0.6) is 5.88 Å². The van der Waals surface area contributed by atoms with E-state index in [0.29, 0.717) is 47.6 Å². The summed E-state index contributed by atoms with van der Waals surface area (Å²) in [6.45, 7) is 6.89. The molecule has 4 heterocycles. The number of hydrogen-bond acceptors (Lipinski definition) is 8. The van der Waals surface area contributed by atoms with Gasteiger partial charge in [-0.3, -0.25) is 4.79 Å². The summed E-state index contributed by atoms with van der Waals surface area (Å²) in [6.07, 6.45) is 6.43. The zero-order valence-corrected chi connectivity index (χ0v) is 19.3. The van der Waals surface area contributed by atoms with Crippen LogP contribution in [0.2, 0.25) is 0 Å². The number of amides is 1. The first-order valence-electron chi connectivity index (χ1n) is 11.3. The topological polar surface area (TPSA) is 112 Å². The van der Waals surface area contributed by atoms with Crippen LogP contribution in [0, 0.1) is 13.8 Å². The molecule has 1 aromatic carbocycles. The standard InChI is InChI=1S/C24H25N7O3/c1-4-33-22-17(7-5-9-25-22)21-28-23(34-29-21)19-8-6-12-30(19)24(32)18-14-15(2)13-16(3)20(18)31-26-10-11-27-31/h5,7,9-11,13-14,19H,4,6,8,12H2,1-3H3/t19-/m0/s1. The van der Waals surface area contributed by atoms with Crippen molar-refractivity contribution in [1.29, 1.82) is 0 Å². The van der Waals surface area contributed by atoms with Crippen molar-refractivity contribution >= 4 is 5.91 Å². The number of rotatable bonds is 6. The van der Waals surface area contributed by atoms with Crippen molar-refractivity contribution in [2.45, 2.75) is 39.7 Å². The quantitative estimate of drug-likeness (QED) is 0.429. The zero-order valence-electron chi connectivity index (χ0n) is 19.3. The molecule has 10 nitrogen and oxygen atoms in total. The highest BCUT2D eigenvalue weighted by atomic mass is 16.5. The Bertz CT molecular complexity index is 1320. The van der Waals surface area contributed by atoms with E-state index in [1.54, 1.807) is 29.6 Å². The highest BCUT2D eigenvalue weighted by Gasteiger charge is 2.36. The Labute approximate surface area is 196 Å². The lowest BCUT2D eigenvalue weighted by molar-refractivity contribution is 0.0709. The molecule has 0 N–H and O–H groups in total. The molecule has 0 spiro atoms. The van der Waals surface area contributed by atoms with Crippen molar-refractivity contribution in [3.8, 4) is 23.0 Å². The molecule has 0 bridgehead atoms. The molecule has 1 aliphatic heterocycles. The zero-order chi connectivity index (χ0) is 23.7. The summed E-state index contributed by atoms with van der Waals surface area (Å²) < 4.78 is 11.2. The summed E-state index contributed by atoms with van der Waals surface area (Å²) >= 11 is 0. The molecule has 0 unspecified atom stereocenters. The number of aromatic nitrogens is 6. The highest BCUT2D eigenvalue weighted by Crippen LogP contribution is 2.35. The third-order valence-corrected chi connectivity index (χ3v) is 5.83. The van der Waals surface area contributed by atoms with Crippen LogP contribution in [0.4, 0.5) is 0 Å². The Hall–Kier alpha value is -4.08. The van der Waals surface area contributed by atoms with Gasteiger partial charge in [0, 0.05) is 12.7 Å². The predicted octanol–water partition coefficient (Wildman–Crippen LogP) is 3.71. The van der Waals surface area contributed by atoms with Gasteiger partial charge in [0.25, 0.3) is 5.91 Å². The van der Waals surface area contributed by atoms with Crippen molar-refractivity contribution in [2.24, 2.45) is 0 Å². The average Bonchev–Trinajstić information content (AvgIpc) is 3.60. The summed E-state index contributed by atoms with van der Waals surface area (Å²) in [6, 6.07) is 7.21. The molecule has 0 radical (unpaired) electrons. The maximum absolute atomic E-state index is 13.8. The molecule has 34 heavy (non-hydrogen) atoms. The summed E-state index contributed by atoms with van der Waals surface area (Å²) in [5.74, 6) is 1.12. The van der Waals surface area contributed by atoms with E-state index < -0.39 is 0 Å². The Kier molecular flexibility index (Phi) is 5.79. The van der Waals surface area contributed by atoms with Crippen LogP contribution < -0.4 is 4.74 Å². The number of likely N-dealkylation sites (tertiary alicyclic amines) is 1. The van der Waals surface area contributed by atoms with Gasteiger partial charge < -0.3 is 14.2 Å². The second-order valence-electron chi connectivity index (χ2n) is 8.20. The fourth-order valence-electron chi connectivity index (χ4n) is 4.43. The van der Waals surface area contributed by atoms with Gasteiger partial charge in [-0.15, -0.1) is 0 Å². The SMILES string of the molecule is CCOc1ncccc1-c1noc([C@@H]2CCCN2C(=O)c2cc(C)cc(C)c2-n2nccn2)n1. The van der Waals surface area contributed by atoms with Gasteiger partial charge >= 0.3 is 0 Å². The average molecular weight is 460 g/mol. The van der Waals surface area contributed by atoms with E-state index in [2.05, 4.69) is 25.3 Å². The summed E-state index contributed by atoms with van der Waals surface area (Å²) in [7, 11) is 0. The Morgan fingerprint density at radius 3 is 2.82 bits per heavy atom. The normalized spacial score (nSPS) is 15.6. The molecule has 4 aromatic rings. The van der Waals surface area contributed by atoms with Crippen molar-refractivity contribution < 1.29 is 14.1 Å². The minimum atomic E-state index is -0.319. The predicted molar refractivity (Wildman–Crippen MR) is 123 cm³/mol. The fraction of sp³-hybridized carbons (Fsp3) is 0.333. The molecule has 1 saturated heterocycles. The first-order valence-corrected chi connectivity index (χ1v) is 11.3. The molecule has 10 heteroatoms. The van der Waals surface area contributed by atoms with Gasteiger partial charge in [0.1, 0.15) is 11.7 Å². The van der Waals surface area contributed by atoms with Crippen molar-refractivity contribution in [1.82, 2.24) is 35.0 Å². The van der Waals surface area contributed by atoms with Gasteiger partial charge in [-0.2, -0.15) is 20.0 Å². The Morgan fingerprint density at radius 2 is 2.03 bits per heavy atom. The van der Waals surface area contributed by atoms with Gasteiger partial charge in [-0.05, 0) is 62.9 Å². The lowest BCUT2D eigenvalue weighted by Gasteiger charge is -2.24. The maximum atomic E-state index is 13.8. The van der Waals surface area contributed by atoms with Crippen molar-refractivity contribution in [3.05, 3.63) is 65.4 Å². The largest absolute Gasteiger partial charge is 0.477 e. The van der Waals surface area contributed by atoms with E-state index in [9.17, 15) is 4.79 Å². The Balaban J connectivity index is 1.48. The smallest absolute Gasteiger partial charge is 0.256 e. The molecule has 1 aliphatic rings. The number of ether oxygens (including phenoxy) is 1. The number of pyridine rings is 1. The molecular weight excluding hydrogens is 434 g/mol. The van der Waals surface area contributed by atoms with Crippen LogP contribution in [0.3, 0.4) is 0 Å². The minimum Gasteiger partial charge on any atom is -0.477 e. The number of nitrogens with zero attached hydrogens (tertiary/aromatic N) is 7. The Morgan fingerprint density at radius 1 is 1.21 bits per heavy atom. The monoisotopic (exact) mass is 459 g/mol. The van der Waals surface area contributed by atoms with Crippen LogP contribution in [-0.4, -0.2) is 54.1 Å². The molecule has 1 amide bonds. The molecule has 174 valence electrons. The van der Waals surface area contributed by atoms with E-state index in [1.165, 1.54) is 4.80 Å². The van der Waals surface area contributed by atoms with Gasteiger partial charge in [-0.1, -0.05) is 11.2 Å². The van der Waals surface area contributed by atoms with Gasteiger partial charge in [-0.25, -0.2) is 4.98 Å². The van der Waals surface area contributed by atoms with E-state index in [4.69, 9.17) is 9.26 Å². The molecule has 1 atom stereocenters. The number of carbonyl (C=O) groups excluding carboxylic acids is 1. The maximum Gasteiger partial charge on any atom is 0.256 e. The molecule has 1 fully saturated rings. The molecule has 0 saturated carbocycles. The molecule has 3 aromatic heterocycles. The third kappa shape index (κ3) is 3.91. The summed E-state index contributed by atoms with van der Waals surface area (Å²) in [4.78, 5) is 26.0. The lowest BCUT2D eigenvalue weighted by Crippen LogP contribution is -2.32. The fourth-order valence-corrected chi connectivity index (χ4v) is 4.43. The van der Waals surface area contributed by atoms with Gasteiger partial charge in [0.05, 0.1) is 30.1 Å². The van der Waals surface area contributed by atoms with Gasteiger partial charge in [0.15, 0.2) is 0 Å². The van der Waals surface area contributed by atoms with Crippen molar-refractivity contribution in [3.63, 3.8) is 0 Å². The lowest BCUT2D eigenvalue weighted by atomic mass is 10.0. The van der Waals surface area contributed by atoms with Crippen LogP contribution in [0.15, 0.2) is 47.4 Å². The van der Waals surface area contributed by atoms with Gasteiger partial charge in [0.2, 0.25) is 17.6 Å². The van der Waals surface area contributed by atoms with E-state index >= 15 is 0 Å². The highest BCUT2D eigenvalue weighted by molar-refractivity contribution is 5.98. The van der Waals surface area contributed by atoms with E-state index in [0.717, 1.165) is 24.0 Å². The number of carbonyl (C=O) groups is 1. The second-order valence-corrected chi connectivity index (χ2v) is 8.20. The van der Waals surface area contributed by atoms with E-state index in [1.807, 2.05) is 39.0 Å². The molecule has 0 aliphatic carbocycles. The summed E-state index contributed by atoms with van der Waals surface area (Å²) in [5.41, 5.74) is 3.79. The minimum absolute atomic E-state index is 0.113.